The Labute approximate surface area is 136 Å². The summed E-state index contributed by atoms with van der Waals surface area (Å²) in [5, 5.41) is 11.4. The highest BCUT2D eigenvalue weighted by Crippen LogP contribution is 2.22. The van der Waals surface area contributed by atoms with Crippen molar-refractivity contribution in [1.82, 2.24) is 10.2 Å². The Balaban J connectivity index is 1.91. The van der Waals surface area contributed by atoms with E-state index in [0.29, 0.717) is 17.9 Å². The first-order chi connectivity index (χ1) is 10.6. The fourth-order valence-corrected chi connectivity index (χ4v) is 3.22. The van der Waals surface area contributed by atoms with E-state index in [1.54, 1.807) is 31.2 Å². The van der Waals surface area contributed by atoms with Gasteiger partial charge in [0.15, 0.2) is 4.34 Å². The first kappa shape index (κ1) is 16.4. The number of hydrogen-bond acceptors (Lipinski definition) is 7. The van der Waals surface area contributed by atoms with Gasteiger partial charge in [0, 0.05) is 5.69 Å². The molecule has 0 spiro atoms. The summed E-state index contributed by atoms with van der Waals surface area (Å²) in [6, 6.07) is 6.66. The zero-order valence-electron chi connectivity index (χ0n) is 12.2. The predicted octanol–water partition coefficient (Wildman–Crippen LogP) is 2.75. The Kier molecular flexibility index (Phi) is 5.91. The van der Waals surface area contributed by atoms with Crippen molar-refractivity contribution in [2.24, 2.45) is 0 Å². The molecule has 0 radical (unpaired) electrons. The molecule has 6 nitrogen and oxygen atoms in total. The van der Waals surface area contributed by atoms with Crippen molar-refractivity contribution in [2.45, 2.75) is 18.2 Å². The largest absolute Gasteiger partial charge is 0.462 e. The smallest absolute Gasteiger partial charge is 0.338 e. The second kappa shape index (κ2) is 7.90. The summed E-state index contributed by atoms with van der Waals surface area (Å²) in [5.74, 6) is -0.339. The standard InChI is InChI=1S/C14H15N3O3S2/c1-3-20-13(19)10-5-4-6-11(7-10)15-12(18)8-21-14-17-16-9(2)22-14/h4-7H,3,8H2,1-2H3,(H,15,18). The van der Waals surface area contributed by atoms with Crippen LogP contribution >= 0.6 is 23.1 Å². The Hall–Kier alpha value is -1.93. The van der Waals surface area contributed by atoms with E-state index in [2.05, 4.69) is 15.5 Å². The highest BCUT2D eigenvalue weighted by molar-refractivity contribution is 8.01. The highest BCUT2D eigenvalue weighted by Gasteiger charge is 2.10. The third kappa shape index (κ3) is 4.81. The Morgan fingerprint density at radius 2 is 2.18 bits per heavy atom. The summed E-state index contributed by atoms with van der Waals surface area (Å²) >= 11 is 2.78. The molecule has 0 aliphatic carbocycles. The SMILES string of the molecule is CCOC(=O)c1cccc(NC(=O)CSc2nnc(C)s2)c1. The van der Waals surface area contributed by atoms with Crippen molar-refractivity contribution in [3.8, 4) is 0 Å². The average Bonchev–Trinajstić information content (AvgIpc) is 2.91. The van der Waals surface area contributed by atoms with Gasteiger partial charge < -0.3 is 10.1 Å². The number of aromatic nitrogens is 2. The van der Waals surface area contributed by atoms with Gasteiger partial charge in [0.2, 0.25) is 5.91 Å². The number of esters is 1. The summed E-state index contributed by atoms with van der Waals surface area (Å²) in [6.45, 7) is 3.92. The first-order valence-electron chi connectivity index (χ1n) is 6.58. The highest BCUT2D eigenvalue weighted by atomic mass is 32.2. The van der Waals surface area contributed by atoms with E-state index in [9.17, 15) is 9.59 Å². The van der Waals surface area contributed by atoms with Gasteiger partial charge in [-0.15, -0.1) is 10.2 Å². The monoisotopic (exact) mass is 337 g/mol. The number of carbonyl (C=O) groups is 2. The van der Waals surface area contributed by atoms with Crippen molar-refractivity contribution in [2.75, 3.05) is 17.7 Å². The number of nitrogens with zero attached hydrogens (tertiary/aromatic N) is 2. The molecule has 0 unspecified atom stereocenters. The van der Waals surface area contributed by atoms with Crippen LogP contribution in [-0.4, -0.2) is 34.4 Å². The van der Waals surface area contributed by atoms with Gasteiger partial charge in [-0.05, 0) is 32.0 Å². The molecule has 1 amide bonds. The number of amides is 1. The maximum absolute atomic E-state index is 11.9. The van der Waals surface area contributed by atoms with Crippen LogP contribution < -0.4 is 5.32 Å². The first-order valence-corrected chi connectivity index (χ1v) is 8.38. The lowest BCUT2D eigenvalue weighted by Crippen LogP contribution is -2.14. The fraction of sp³-hybridized carbons (Fsp3) is 0.286. The van der Waals surface area contributed by atoms with E-state index in [0.717, 1.165) is 9.35 Å². The lowest BCUT2D eigenvalue weighted by molar-refractivity contribution is -0.113. The second-order valence-electron chi connectivity index (χ2n) is 4.23. The molecule has 0 saturated heterocycles. The Bertz CT molecular complexity index is 673. The van der Waals surface area contributed by atoms with Crippen LogP contribution in [0.3, 0.4) is 0 Å². The Morgan fingerprint density at radius 1 is 1.36 bits per heavy atom. The van der Waals surface area contributed by atoms with Gasteiger partial charge in [-0.25, -0.2) is 4.79 Å². The van der Waals surface area contributed by atoms with E-state index in [4.69, 9.17) is 4.74 Å². The third-order valence-electron chi connectivity index (χ3n) is 2.49. The van der Waals surface area contributed by atoms with Crippen LogP contribution in [0.1, 0.15) is 22.3 Å². The van der Waals surface area contributed by atoms with E-state index in [1.807, 2.05) is 6.92 Å². The molecule has 1 N–H and O–H groups in total. The molecule has 22 heavy (non-hydrogen) atoms. The quantitative estimate of drug-likeness (QED) is 0.645. The van der Waals surface area contributed by atoms with Gasteiger partial charge in [0.05, 0.1) is 17.9 Å². The molecule has 116 valence electrons. The number of anilines is 1. The van der Waals surface area contributed by atoms with Gasteiger partial charge >= 0.3 is 5.97 Å². The molecule has 1 aromatic carbocycles. The molecule has 0 bridgehead atoms. The molecule has 8 heteroatoms. The summed E-state index contributed by atoms with van der Waals surface area (Å²) in [4.78, 5) is 23.6. The van der Waals surface area contributed by atoms with Crippen LogP contribution in [0.4, 0.5) is 5.69 Å². The number of rotatable bonds is 6. The molecular formula is C14H15N3O3S2. The van der Waals surface area contributed by atoms with E-state index < -0.39 is 5.97 Å². The van der Waals surface area contributed by atoms with Crippen molar-refractivity contribution in [1.29, 1.82) is 0 Å². The molecule has 0 aliphatic rings. The molecule has 0 aliphatic heterocycles. The van der Waals surface area contributed by atoms with Crippen molar-refractivity contribution >= 4 is 40.7 Å². The van der Waals surface area contributed by atoms with E-state index >= 15 is 0 Å². The number of thioether (sulfide) groups is 1. The van der Waals surface area contributed by atoms with Crippen LogP contribution in [0.5, 0.6) is 0 Å². The van der Waals surface area contributed by atoms with Crippen LogP contribution in [0.2, 0.25) is 0 Å². The van der Waals surface area contributed by atoms with Crippen molar-refractivity contribution in [3.05, 3.63) is 34.8 Å². The molecule has 0 fully saturated rings. The van der Waals surface area contributed by atoms with Gasteiger partial charge in [0.25, 0.3) is 0 Å². The minimum Gasteiger partial charge on any atom is -0.462 e. The van der Waals surface area contributed by atoms with Gasteiger partial charge in [0.1, 0.15) is 5.01 Å². The van der Waals surface area contributed by atoms with Gasteiger partial charge in [-0.3, -0.25) is 4.79 Å². The zero-order valence-corrected chi connectivity index (χ0v) is 13.8. The van der Waals surface area contributed by atoms with Gasteiger partial charge in [-0.1, -0.05) is 29.2 Å². The lowest BCUT2D eigenvalue weighted by atomic mass is 10.2. The molecule has 1 aromatic heterocycles. The third-order valence-corrected chi connectivity index (χ3v) is 4.46. The molecule has 0 atom stereocenters. The number of hydrogen-bond donors (Lipinski definition) is 1. The minimum atomic E-state index is -0.405. The average molecular weight is 337 g/mol. The van der Waals surface area contributed by atoms with Crippen LogP contribution in [0.15, 0.2) is 28.6 Å². The van der Waals surface area contributed by atoms with E-state index in [1.165, 1.54) is 23.1 Å². The van der Waals surface area contributed by atoms with Gasteiger partial charge in [-0.2, -0.15) is 0 Å². The molecule has 0 saturated carbocycles. The molecule has 1 heterocycles. The number of ether oxygens (including phenoxy) is 1. The fourth-order valence-electron chi connectivity index (χ4n) is 1.60. The zero-order chi connectivity index (χ0) is 15.9. The van der Waals surface area contributed by atoms with Crippen LogP contribution in [0.25, 0.3) is 0 Å². The summed E-state index contributed by atoms with van der Waals surface area (Å²) in [7, 11) is 0. The molecule has 2 rings (SSSR count). The van der Waals surface area contributed by atoms with Crippen molar-refractivity contribution in [3.63, 3.8) is 0 Å². The number of benzene rings is 1. The topological polar surface area (TPSA) is 81.2 Å². The number of nitrogens with one attached hydrogen (secondary N) is 1. The summed E-state index contributed by atoms with van der Waals surface area (Å²) in [5.41, 5.74) is 0.969. The minimum absolute atomic E-state index is 0.168. The summed E-state index contributed by atoms with van der Waals surface area (Å²) < 4.78 is 5.68. The number of aryl methyl sites for hydroxylation is 1. The van der Waals surface area contributed by atoms with Crippen LogP contribution in [-0.2, 0) is 9.53 Å². The maximum atomic E-state index is 11.9. The Morgan fingerprint density at radius 3 is 2.86 bits per heavy atom. The van der Waals surface area contributed by atoms with Crippen molar-refractivity contribution < 1.29 is 14.3 Å². The normalized spacial score (nSPS) is 10.3. The molecular weight excluding hydrogens is 322 g/mol. The lowest BCUT2D eigenvalue weighted by Gasteiger charge is -2.06. The van der Waals surface area contributed by atoms with E-state index in [-0.39, 0.29) is 11.7 Å². The second-order valence-corrected chi connectivity index (χ2v) is 6.63. The predicted molar refractivity (Wildman–Crippen MR) is 86.4 cm³/mol. The van der Waals surface area contributed by atoms with Crippen LogP contribution in [0, 0.1) is 6.92 Å². The maximum Gasteiger partial charge on any atom is 0.338 e. The molecule has 2 aromatic rings. The number of carbonyl (C=O) groups excluding carboxylic acids is 2. The summed E-state index contributed by atoms with van der Waals surface area (Å²) in [6.07, 6.45) is 0.